The smallest absolute Gasteiger partial charge is 0.213 e. The quantitative estimate of drug-likeness (QED) is 0.840. The first-order valence-corrected chi connectivity index (χ1v) is 5.68. The van der Waals surface area contributed by atoms with Gasteiger partial charge in [0.1, 0.15) is 12.4 Å². The summed E-state index contributed by atoms with van der Waals surface area (Å²) in [5.74, 6) is 1.37. The highest BCUT2D eigenvalue weighted by Crippen LogP contribution is 2.19. The highest BCUT2D eigenvalue weighted by atomic mass is 16.5. The molecule has 0 aliphatic heterocycles. The molecule has 0 atom stereocenters. The minimum atomic E-state index is 0.403. The van der Waals surface area contributed by atoms with E-state index in [2.05, 4.69) is 4.98 Å². The second-order valence-electron chi connectivity index (χ2n) is 3.98. The van der Waals surface area contributed by atoms with Gasteiger partial charge >= 0.3 is 0 Å². The molecule has 4 heteroatoms. The molecule has 0 fully saturated rings. The van der Waals surface area contributed by atoms with E-state index in [-0.39, 0.29) is 0 Å². The van der Waals surface area contributed by atoms with Crippen LogP contribution in [-0.4, -0.2) is 12.1 Å². The zero-order valence-corrected chi connectivity index (χ0v) is 10.5. The van der Waals surface area contributed by atoms with Crippen molar-refractivity contribution < 1.29 is 9.47 Å². The molecule has 0 spiro atoms. The van der Waals surface area contributed by atoms with Gasteiger partial charge < -0.3 is 15.2 Å². The zero-order valence-electron chi connectivity index (χ0n) is 10.5. The van der Waals surface area contributed by atoms with E-state index >= 15 is 0 Å². The maximum absolute atomic E-state index is 5.75. The molecule has 0 radical (unpaired) electrons. The molecule has 0 saturated heterocycles. The van der Waals surface area contributed by atoms with E-state index in [1.807, 2.05) is 37.3 Å². The average Bonchev–Trinajstić information content (AvgIpc) is 2.40. The molecule has 94 valence electrons. The van der Waals surface area contributed by atoms with Gasteiger partial charge in [0.15, 0.2) is 0 Å². The number of nitrogen functional groups attached to an aromatic ring is 1. The third-order valence-corrected chi connectivity index (χ3v) is 2.62. The van der Waals surface area contributed by atoms with Gasteiger partial charge in [-0.25, -0.2) is 4.98 Å². The van der Waals surface area contributed by atoms with Crippen molar-refractivity contribution in [2.24, 2.45) is 0 Å². The van der Waals surface area contributed by atoms with Crippen molar-refractivity contribution >= 4 is 5.69 Å². The first kappa shape index (κ1) is 12.2. The number of hydrogen-bond acceptors (Lipinski definition) is 4. The molecule has 1 heterocycles. The van der Waals surface area contributed by atoms with E-state index in [4.69, 9.17) is 15.2 Å². The number of nitrogens with two attached hydrogens (primary N) is 1. The maximum atomic E-state index is 5.75. The van der Waals surface area contributed by atoms with Gasteiger partial charge in [0, 0.05) is 11.8 Å². The largest absolute Gasteiger partial charge is 0.487 e. The highest BCUT2D eigenvalue weighted by Gasteiger charge is 2.01. The Morgan fingerprint density at radius 2 is 2.06 bits per heavy atom. The Morgan fingerprint density at radius 1 is 1.22 bits per heavy atom. The van der Waals surface area contributed by atoms with Crippen LogP contribution in [0.2, 0.25) is 0 Å². The number of ether oxygens (including phenoxy) is 2. The third kappa shape index (κ3) is 2.91. The molecule has 0 aliphatic rings. The molecule has 2 aromatic rings. The second-order valence-corrected chi connectivity index (χ2v) is 3.98. The Balaban J connectivity index is 2.04. The van der Waals surface area contributed by atoms with E-state index in [0.717, 1.165) is 22.7 Å². The lowest BCUT2D eigenvalue weighted by Gasteiger charge is -2.08. The number of rotatable bonds is 4. The number of benzene rings is 1. The molecule has 0 saturated carbocycles. The summed E-state index contributed by atoms with van der Waals surface area (Å²) >= 11 is 0. The summed E-state index contributed by atoms with van der Waals surface area (Å²) in [4.78, 5) is 4.27. The van der Waals surface area contributed by atoms with E-state index in [1.54, 1.807) is 13.2 Å². The van der Waals surface area contributed by atoms with Crippen molar-refractivity contribution in [3.8, 4) is 11.6 Å². The lowest BCUT2D eigenvalue weighted by Crippen LogP contribution is -2.00. The number of anilines is 1. The van der Waals surface area contributed by atoms with Gasteiger partial charge in [-0.1, -0.05) is 6.07 Å². The van der Waals surface area contributed by atoms with Crippen LogP contribution in [-0.2, 0) is 6.61 Å². The van der Waals surface area contributed by atoms with Crippen molar-refractivity contribution in [3.63, 3.8) is 0 Å². The third-order valence-electron chi connectivity index (χ3n) is 2.62. The molecule has 4 nitrogen and oxygen atoms in total. The summed E-state index contributed by atoms with van der Waals surface area (Å²) in [6, 6.07) is 11.2. The maximum Gasteiger partial charge on any atom is 0.213 e. The van der Waals surface area contributed by atoms with Crippen LogP contribution in [0.1, 0.15) is 11.3 Å². The van der Waals surface area contributed by atoms with Gasteiger partial charge in [0.05, 0.1) is 12.8 Å². The highest BCUT2D eigenvalue weighted by molar-refractivity contribution is 5.49. The lowest BCUT2D eigenvalue weighted by atomic mass is 10.2. The first-order valence-electron chi connectivity index (χ1n) is 5.68. The molecule has 2 rings (SSSR count). The van der Waals surface area contributed by atoms with Gasteiger partial charge in [-0.2, -0.15) is 0 Å². The van der Waals surface area contributed by atoms with Crippen molar-refractivity contribution in [3.05, 3.63) is 47.7 Å². The van der Waals surface area contributed by atoms with Crippen molar-refractivity contribution in [1.82, 2.24) is 4.98 Å². The van der Waals surface area contributed by atoms with E-state index < -0.39 is 0 Å². The predicted octanol–water partition coefficient (Wildman–Crippen LogP) is 2.56. The van der Waals surface area contributed by atoms with Crippen LogP contribution in [0.25, 0.3) is 0 Å². The molecule has 0 bridgehead atoms. The van der Waals surface area contributed by atoms with Gasteiger partial charge in [-0.3, -0.25) is 0 Å². The number of nitrogens with zero attached hydrogens (tertiary/aromatic N) is 1. The normalized spacial score (nSPS) is 10.1. The zero-order chi connectivity index (χ0) is 13.0. The molecule has 2 N–H and O–H groups in total. The second kappa shape index (κ2) is 5.40. The number of pyridine rings is 1. The molecular formula is C14H16N2O2. The topological polar surface area (TPSA) is 57.4 Å². The average molecular weight is 244 g/mol. The summed E-state index contributed by atoms with van der Waals surface area (Å²) in [7, 11) is 1.59. The van der Waals surface area contributed by atoms with Gasteiger partial charge in [-0.15, -0.1) is 0 Å². The Labute approximate surface area is 106 Å². The van der Waals surface area contributed by atoms with Gasteiger partial charge in [0.25, 0.3) is 0 Å². The van der Waals surface area contributed by atoms with Crippen LogP contribution in [0.3, 0.4) is 0 Å². The standard InChI is InChI=1S/C14H16N2O2/c1-10-8-12(6-7-13(10)15)18-9-11-4-3-5-14(16-11)17-2/h3-8H,9,15H2,1-2H3. The van der Waals surface area contributed by atoms with Crippen LogP contribution in [0.5, 0.6) is 11.6 Å². The summed E-state index contributed by atoms with van der Waals surface area (Å²) in [5.41, 5.74) is 8.34. The van der Waals surface area contributed by atoms with E-state index in [0.29, 0.717) is 12.5 Å². The predicted molar refractivity (Wildman–Crippen MR) is 70.7 cm³/mol. The Kier molecular flexibility index (Phi) is 3.67. The molecular weight excluding hydrogens is 228 g/mol. The van der Waals surface area contributed by atoms with Crippen LogP contribution in [0.4, 0.5) is 5.69 Å². The first-order chi connectivity index (χ1) is 8.69. The Hall–Kier alpha value is -2.23. The SMILES string of the molecule is COc1cccc(COc2ccc(N)c(C)c2)n1. The number of aryl methyl sites for hydroxylation is 1. The van der Waals surface area contributed by atoms with Crippen LogP contribution >= 0.6 is 0 Å². The molecule has 0 unspecified atom stereocenters. The van der Waals surface area contributed by atoms with Crippen molar-refractivity contribution in [2.45, 2.75) is 13.5 Å². The molecule has 0 aliphatic carbocycles. The molecule has 1 aromatic heterocycles. The fourth-order valence-corrected chi connectivity index (χ4v) is 1.55. The van der Waals surface area contributed by atoms with E-state index in [1.165, 1.54) is 0 Å². The summed E-state index contributed by atoms with van der Waals surface area (Å²) in [6.45, 7) is 2.35. The van der Waals surface area contributed by atoms with Gasteiger partial charge in [-0.05, 0) is 36.8 Å². The van der Waals surface area contributed by atoms with Crippen LogP contribution < -0.4 is 15.2 Å². The van der Waals surface area contributed by atoms with Crippen LogP contribution in [0.15, 0.2) is 36.4 Å². The lowest BCUT2D eigenvalue weighted by molar-refractivity contribution is 0.298. The van der Waals surface area contributed by atoms with Gasteiger partial charge in [0.2, 0.25) is 5.88 Å². The number of hydrogen-bond donors (Lipinski definition) is 1. The number of methoxy groups -OCH3 is 1. The van der Waals surface area contributed by atoms with Crippen molar-refractivity contribution in [2.75, 3.05) is 12.8 Å². The number of aromatic nitrogens is 1. The molecule has 18 heavy (non-hydrogen) atoms. The summed E-state index contributed by atoms with van der Waals surface area (Å²) in [6.07, 6.45) is 0. The fraction of sp³-hybridized carbons (Fsp3) is 0.214. The minimum absolute atomic E-state index is 0.403. The molecule has 1 aromatic carbocycles. The summed E-state index contributed by atoms with van der Waals surface area (Å²) in [5, 5.41) is 0. The van der Waals surface area contributed by atoms with Crippen LogP contribution in [0, 0.1) is 6.92 Å². The molecule has 0 amide bonds. The monoisotopic (exact) mass is 244 g/mol. The fourth-order valence-electron chi connectivity index (χ4n) is 1.55. The Bertz CT molecular complexity index is 541. The van der Waals surface area contributed by atoms with E-state index in [9.17, 15) is 0 Å². The minimum Gasteiger partial charge on any atom is -0.487 e. The Morgan fingerprint density at radius 3 is 2.78 bits per heavy atom. The van der Waals surface area contributed by atoms with Crippen molar-refractivity contribution in [1.29, 1.82) is 0 Å². The summed E-state index contributed by atoms with van der Waals surface area (Å²) < 4.78 is 10.7.